The molecule has 0 saturated heterocycles. The molecule has 1 aromatic rings. The van der Waals surface area contributed by atoms with Gasteiger partial charge in [0.25, 0.3) is 0 Å². The summed E-state index contributed by atoms with van der Waals surface area (Å²) in [6, 6.07) is 0. The highest BCUT2D eigenvalue weighted by Crippen LogP contribution is 2.37. The maximum absolute atomic E-state index is 9.86. The molecule has 92 valence electrons. The third kappa shape index (κ3) is 3.26. The Morgan fingerprint density at radius 1 is 1.56 bits per heavy atom. The van der Waals surface area contributed by atoms with Crippen molar-refractivity contribution < 1.29 is 5.11 Å². The van der Waals surface area contributed by atoms with Crippen LogP contribution in [-0.4, -0.2) is 34.4 Å². The first-order chi connectivity index (χ1) is 7.39. The lowest BCUT2D eigenvalue weighted by Crippen LogP contribution is -2.38. The van der Waals surface area contributed by atoms with Gasteiger partial charge in [-0.3, -0.25) is 0 Å². The van der Waals surface area contributed by atoms with E-state index < -0.39 is 5.60 Å². The molecule has 0 bridgehead atoms. The molecule has 0 aliphatic carbocycles. The van der Waals surface area contributed by atoms with E-state index >= 15 is 0 Å². The van der Waals surface area contributed by atoms with E-state index in [1.165, 1.54) is 11.5 Å². The fourth-order valence-corrected chi connectivity index (χ4v) is 3.22. The van der Waals surface area contributed by atoms with E-state index in [4.69, 9.17) is 5.73 Å². The van der Waals surface area contributed by atoms with Gasteiger partial charge in [-0.2, -0.15) is 4.37 Å². The van der Waals surface area contributed by atoms with Crippen LogP contribution >= 0.6 is 23.3 Å². The van der Waals surface area contributed by atoms with Crippen molar-refractivity contribution in [2.75, 3.05) is 30.0 Å². The molecule has 0 aliphatic heterocycles. The number of nitrogens with zero attached hydrogens (tertiary/aromatic N) is 2. The van der Waals surface area contributed by atoms with Gasteiger partial charge in [0.05, 0.1) is 10.5 Å². The molecule has 0 amide bonds. The van der Waals surface area contributed by atoms with Crippen molar-refractivity contribution in [2.24, 2.45) is 0 Å². The highest BCUT2D eigenvalue weighted by Gasteiger charge is 2.22. The standard InChI is InChI=1S/C10H19N3OS2/c1-5-13(6-10(2,3)14)9-7(15-4)8(11)12-16-9/h14H,5-6H2,1-4H3,(H2,11,12). The average Bonchev–Trinajstić information content (AvgIpc) is 2.54. The van der Waals surface area contributed by atoms with E-state index in [2.05, 4.69) is 16.2 Å². The third-order valence-electron chi connectivity index (χ3n) is 2.11. The molecule has 0 aromatic carbocycles. The topological polar surface area (TPSA) is 62.4 Å². The zero-order chi connectivity index (χ0) is 12.3. The molecule has 0 atom stereocenters. The minimum absolute atomic E-state index is 0.582. The minimum atomic E-state index is -0.718. The van der Waals surface area contributed by atoms with Crippen LogP contribution in [0, 0.1) is 0 Å². The van der Waals surface area contributed by atoms with Crippen LogP contribution in [-0.2, 0) is 0 Å². The summed E-state index contributed by atoms with van der Waals surface area (Å²) in [4.78, 5) is 3.12. The van der Waals surface area contributed by atoms with Crippen molar-refractivity contribution in [1.29, 1.82) is 0 Å². The van der Waals surface area contributed by atoms with Crippen LogP contribution in [0.25, 0.3) is 0 Å². The largest absolute Gasteiger partial charge is 0.389 e. The van der Waals surface area contributed by atoms with Crippen LogP contribution < -0.4 is 10.6 Å². The van der Waals surface area contributed by atoms with Crippen molar-refractivity contribution in [3.8, 4) is 0 Å². The Kier molecular flexibility index (Phi) is 4.46. The van der Waals surface area contributed by atoms with Crippen LogP contribution in [0.1, 0.15) is 20.8 Å². The minimum Gasteiger partial charge on any atom is -0.389 e. The molecular formula is C10H19N3OS2. The second kappa shape index (κ2) is 5.25. The molecule has 0 fully saturated rings. The highest BCUT2D eigenvalue weighted by atomic mass is 32.2. The summed E-state index contributed by atoms with van der Waals surface area (Å²) in [5.41, 5.74) is 5.08. The molecule has 4 nitrogen and oxygen atoms in total. The number of anilines is 2. The molecule has 3 N–H and O–H groups in total. The lowest BCUT2D eigenvalue weighted by atomic mass is 10.1. The van der Waals surface area contributed by atoms with E-state index in [1.807, 2.05) is 6.26 Å². The maximum atomic E-state index is 9.86. The number of hydrogen-bond donors (Lipinski definition) is 2. The van der Waals surface area contributed by atoms with E-state index in [0.29, 0.717) is 12.4 Å². The molecule has 0 aliphatic rings. The summed E-state index contributed by atoms with van der Waals surface area (Å²) >= 11 is 2.99. The Morgan fingerprint density at radius 2 is 2.19 bits per heavy atom. The van der Waals surface area contributed by atoms with E-state index in [9.17, 15) is 5.11 Å². The third-order valence-corrected chi connectivity index (χ3v) is 3.97. The van der Waals surface area contributed by atoms with E-state index in [-0.39, 0.29) is 0 Å². The van der Waals surface area contributed by atoms with E-state index in [0.717, 1.165) is 16.4 Å². The Labute approximate surface area is 105 Å². The van der Waals surface area contributed by atoms with Gasteiger partial charge in [-0.25, -0.2) is 0 Å². The Balaban J connectivity index is 2.95. The van der Waals surface area contributed by atoms with Gasteiger partial charge >= 0.3 is 0 Å². The first kappa shape index (κ1) is 13.6. The first-order valence-electron chi connectivity index (χ1n) is 5.15. The van der Waals surface area contributed by atoms with Gasteiger partial charge in [-0.15, -0.1) is 11.8 Å². The second-order valence-corrected chi connectivity index (χ2v) is 5.80. The monoisotopic (exact) mass is 261 g/mol. The number of nitrogen functional groups attached to an aromatic ring is 1. The van der Waals surface area contributed by atoms with Gasteiger partial charge < -0.3 is 15.7 Å². The first-order valence-corrected chi connectivity index (χ1v) is 7.15. The number of thioether (sulfide) groups is 1. The molecule has 1 aromatic heterocycles. The summed E-state index contributed by atoms with van der Waals surface area (Å²) in [6.07, 6.45) is 1.99. The number of nitrogens with two attached hydrogens (primary N) is 1. The number of aliphatic hydroxyl groups is 1. The molecule has 1 rings (SSSR count). The van der Waals surface area contributed by atoms with Gasteiger partial charge in [0.15, 0.2) is 5.82 Å². The van der Waals surface area contributed by atoms with Crippen LogP contribution in [0.3, 0.4) is 0 Å². The van der Waals surface area contributed by atoms with Crippen LogP contribution in [0.15, 0.2) is 4.90 Å². The molecule has 0 unspecified atom stereocenters. The predicted molar refractivity (Wildman–Crippen MR) is 72.5 cm³/mol. The van der Waals surface area contributed by atoms with Gasteiger partial charge in [-0.05, 0) is 38.6 Å². The summed E-state index contributed by atoms with van der Waals surface area (Å²) in [5, 5.41) is 10.9. The molecular weight excluding hydrogens is 242 g/mol. The number of rotatable bonds is 5. The molecule has 0 spiro atoms. The zero-order valence-corrected chi connectivity index (χ0v) is 11.8. The number of hydrogen-bond acceptors (Lipinski definition) is 6. The smallest absolute Gasteiger partial charge is 0.153 e. The molecule has 6 heteroatoms. The molecule has 16 heavy (non-hydrogen) atoms. The Hall–Kier alpha value is -0.460. The van der Waals surface area contributed by atoms with Crippen molar-refractivity contribution in [2.45, 2.75) is 31.3 Å². The predicted octanol–water partition coefficient (Wildman–Crippen LogP) is 2.04. The fourth-order valence-electron chi connectivity index (χ4n) is 1.47. The van der Waals surface area contributed by atoms with Crippen LogP contribution in [0.5, 0.6) is 0 Å². The normalized spacial score (nSPS) is 11.8. The highest BCUT2D eigenvalue weighted by molar-refractivity contribution is 7.99. The van der Waals surface area contributed by atoms with Gasteiger partial charge in [0.1, 0.15) is 5.00 Å². The Bertz CT molecular complexity index is 346. The van der Waals surface area contributed by atoms with E-state index in [1.54, 1.807) is 25.6 Å². The van der Waals surface area contributed by atoms with Crippen molar-refractivity contribution >= 4 is 34.1 Å². The zero-order valence-electron chi connectivity index (χ0n) is 10.1. The van der Waals surface area contributed by atoms with Crippen molar-refractivity contribution in [1.82, 2.24) is 4.37 Å². The fraction of sp³-hybridized carbons (Fsp3) is 0.700. The summed E-state index contributed by atoms with van der Waals surface area (Å²) in [5.74, 6) is 0.585. The van der Waals surface area contributed by atoms with Gasteiger partial charge in [-0.1, -0.05) is 0 Å². The molecule has 1 heterocycles. The summed E-state index contributed by atoms with van der Waals surface area (Å²) in [6.45, 7) is 7.08. The lowest BCUT2D eigenvalue weighted by Gasteiger charge is -2.28. The number of aromatic nitrogens is 1. The number of likely N-dealkylation sites (N-methyl/N-ethyl adjacent to an activating group) is 1. The molecule has 0 saturated carbocycles. The van der Waals surface area contributed by atoms with Crippen LogP contribution in [0.4, 0.5) is 10.8 Å². The van der Waals surface area contributed by atoms with Crippen molar-refractivity contribution in [3.05, 3.63) is 0 Å². The second-order valence-electron chi connectivity index (χ2n) is 4.23. The lowest BCUT2D eigenvalue weighted by molar-refractivity contribution is 0.0876. The molecule has 0 radical (unpaired) electrons. The Morgan fingerprint density at radius 3 is 2.62 bits per heavy atom. The quantitative estimate of drug-likeness (QED) is 0.794. The summed E-state index contributed by atoms with van der Waals surface area (Å²) < 4.78 is 4.16. The maximum Gasteiger partial charge on any atom is 0.153 e. The summed E-state index contributed by atoms with van der Waals surface area (Å²) in [7, 11) is 0. The average molecular weight is 261 g/mol. The van der Waals surface area contributed by atoms with Crippen molar-refractivity contribution in [3.63, 3.8) is 0 Å². The van der Waals surface area contributed by atoms with Gasteiger partial charge in [0, 0.05) is 13.1 Å². The van der Waals surface area contributed by atoms with Gasteiger partial charge in [0.2, 0.25) is 0 Å². The SMILES string of the molecule is CCN(CC(C)(C)O)c1snc(N)c1SC. The van der Waals surface area contributed by atoms with Crippen LogP contribution in [0.2, 0.25) is 0 Å².